The Bertz CT molecular complexity index is 2350. The van der Waals surface area contributed by atoms with Gasteiger partial charge >= 0.3 is 12.3 Å². The van der Waals surface area contributed by atoms with Crippen LogP contribution >= 0.6 is 7.91 Å². The van der Waals surface area contributed by atoms with Crippen LogP contribution in [0.3, 0.4) is 0 Å². The number of hydrogen-bond acceptors (Lipinski definition) is 14. The Hall–Kier alpha value is -4.63. The number of rotatable bonds is 18. The van der Waals surface area contributed by atoms with Crippen LogP contribution in [0.4, 0.5) is 0 Å². The summed E-state index contributed by atoms with van der Waals surface area (Å²) in [5.41, 5.74) is 12.4. The lowest BCUT2D eigenvalue weighted by molar-refractivity contribution is -0.344. The van der Waals surface area contributed by atoms with Gasteiger partial charge in [0.1, 0.15) is 45.6 Å². The summed E-state index contributed by atoms with van der Waals surface area (Å²) in [5, 5.41) is 6.14. The molecular weight excluding hydrogens is 979 g/mol. The van der Waals surface area contributed by atoms with Crippen LogP contribution in [0.15, 0.2) is 126 Å². The first-order valence-corrected chi connectivity index (χ1v) is 28.1. The van der Waals surface area contributed by atoms with E-state index in [0.29, 0.717) is 13.2 Å². The van der Waals surface area contributed by atoms with Gasteiger partial charge < -0.3 is 42.1 Å². The summed E-state index contributed by atoms with van der Waals surface area (Å²) >= 11 is 0. The molecule has 3 saturated heterocycles. The van der Waals surface area contributed by atoms with Gasteiger partial charge in [-0.1, -0.05) is 176 Å². The predicted molar refractivity (Wildman–Crippen MR) is 280 cm³/mol. The van der Waals surface area contributed by atoms with E-state index in [-0.39, 0.29) is 60.0 Å². The molecule has 0 N–H and O–H groups in total. The predicted octanol–water partition coefficient (Wildman–Crippen LogP) is 8.15. The Kier molecular flexibility index (Phi) is 23.6. The molecule has 0 spiro atoms. The molecule has 8 unspecified atom stereocenters. The highest BCUT2D eigenvalue weighted by molar-refractivity contribution is 7.97. The highest BCUT2D eigenvalue weighted by Gasteiger charge is 2.56. The Morgan fingerprint density at radius 2 is 1.04 bits per heavy atom. The molecule has 3 aliphatic heterocycles. The molecule has 0 amide bonds. The summed E-state index contributed by atoms with van der Waals surface area (Å²) < 4.78 is 62.2. The molecule has 392 valence electrons. The molecule has 3 fully saturated rings. The summed E-state index contributed by atoms with van der Waals surface area (Å²) in [5.74, 6) is -0.306. The normalized spacial score (nSPS) is 29.9. The summed E-state index contributed by atoms with van der Waals surface area (Å²) in [6.45, 7) is 19.8. The van der Waals surface area contributed by atoms with Crippen LogP contribution in [0.2, 0.25) is 5.04 Å². The fraction of sp³-hybridized carbons (Fsp3) is 0.519. The second-order valence-corrected chi connectivity index (χ2v) is 25.1. The largest absolute Gasteiger partial charge is 0.405 e. The second-order valence-electron chi connectivity index (χ2n) is 19.9. The van der Waals surface area contributed by atoms with Gasteiger partial charge in [0, 0.05) is 22.7 Å². The molecule has 20 heteroatoms. The first-order valence-electron chi connectivity index (χ1n) is 24.8. The molecule has 4 aromatic carbocycles. The molecule has 74 heavy (non-hydrogen) atoms. The van der Waals surface area contributed by atoms with Gasteiger partial charge in [-0.25, -0.2) is 0 Å². The Balaban J connectivity index is 0.00000161. The number of benzene rings is 4. The van der Waals surface area contributed by atoms with Gasteiger partial charge in [0.05, 0.1) is 50.3 Å². The van der Waals surface area contributed by atoms with Crippen molar-refractivity contribution in [3.05, 3.63) is 143 Å². The van der Waals surface area contributed by atoms with Crippen molar-refractivity contribution in [2.45, 2.75) is 154 Å². The van der Waals surface area contributed by atoms with Crippen molar-refractivity contribution in [2.24, 2.45) is 22.9 Å². The molecule has 4 aromatic rings. The molecule has 0 saturated carbocycles. The molecule has 0 bridgehead atoms. The van der Waals surface area contributed by atoms with Crippen molar-refractivity contribution in [3.8, 4) is 0 Å². The van der Waals surface area contributed by atoms with E-state index in [2.05, 4.69) is 88.0 Å². The second kappa shape index (κ2) is 29.0. The van der Waals surface area contributed by atoms with Crippen LogP contribution in [0, 0.1) is 17.8 Å². The quantitative estimate of drug-likeness (QED) is 0.0304. The Morgan fingerprint density at radius 1 is 0.595 bits per heavy atom. The standard InChI is InChI=1S/C52H68B2N3O9PSi.2CO2/c1-33-37(5)62-50(35(3)45(33)58-30-39-22-14-10-15-23-39)65-48-43(32-60-68(52(7,8)9,41-26-18-12-19-27-41)42-28-20-13-21-29-42)63-51(44(56-57-55)49(48)66-67(53)54)64-47-38(6)61-36(4)34(2)46(47)59-31-40-24-16-11-17-25-40;2*2-1-3/h10-29,33-38,43-51H,30-32H2,1-9H3;;/t33?,34?,35?,36-,37?,38?,43?,44?,45+,46-,47?,48+,49+,50-,51+;;/m0../s1. The summed E-state index contributed by atoms with van der Waals surface area (Å²) in [7, 11) is 7.58. The van der Waals surface area contributed by atoms with Gasteiger partial charge in [-0.3, -0.25) is 0 Å². The number of ether oxygens (including phenoxy) is 7. The molecular formula is C54H68B2N3O13PSi. The van der Waals surface area contributed by atoms with E-state index in [1.165, 1.54) is 0 Å². The fourth-order valence-corrected chi connectivity index (χ4v) is 15.3. The molecule has 15 atom stereocenters. The maximum absolute atomic E-state index is 10.3. The lowest BCUT2D eigenvalue weighted by Gasteiger charge is -2.51. The zero-order valence-corrected chi connectivity index (χ0v) is 45.5. The van der Waals surface area contributed by atoms with Gasteiger partial charge in [0.25, 0.3) is 8.32 Å². The van der Waals surface area contributed by atoms with E-state index in [1.807, 2.05) is 106 Å². The molecule has 0 aliphatic carbocycles. The fourth-order valence-electron chi connectivity index (χ4n) is 10.2. The smallest absolute Gasteiger partial charge is 0.373 e. The van der Waals surface area contributed by atoms with Crippen molar-refractivity contribution < 1.29 is 61.3 Å². The Labute approximate surface area is 440 Å². The first-order chi connectivity index (χ1) is 35.4. The van der Waals surface area contributed by atoms with E-state index < -0.39 is 71.5 Å². The third kappa shape index (κ3) is 15.3. The minimum Gasteiger partial charge on any atom is -0.405 e. The van der Waals surface area contributed by atoms with Crippen molar-refractivity contribution in [1.82, 2.24) is 0 Å². The molecule has 3 heterocycles. The monoisotopic (exact) mass is 1050 g/mol. The average molecular weight is 1050 g/mol. The highest BCUT2D eigenvalue weighted by Crippen LogP contribution is 2.43. The average Bonchev–Trinajstić information content (AvgIpc) is 3.38. The van der Waals surface area contributed by atoms with Crippen LogP contribution in [0.5, 0.6) is 0 Å². The van der Waals surface area contributed by atoms with Crippen LogP contribution in [-0.4, -0.2) is 116 Å². The molecule has 7 rings (SSSR count). The van der Waals surface area contributed by atoms with Gasteiger partial charge in [0.15, 0.2) is 12.6 Å². The van der Waals surface area contributed by atoms with E-state index in [1.54, 1.807) is 0 Å². The highest BCUT2D eigenvalue weighted by atomic mass is 31.1. The van der Waals surface area contributed by atoms with Gasteiger partial charge in [0.2, 0.25) is 0 Å². The first kappa shape index (κ1) is 60.2. The minimum atomic E-state index is -3.17. The van der Waals surface area contributed by atoms with Crippen LogP contribution < -0.4 is 10.4 Å². The van der Waals surface area contributed by atoms with Crippen molar-refractivity contribution in [1.29, 1.82) is 0 Å². The lowest BCUT2D eigenvalue weighted by Crippen LogP contribution is -2.69. The maximum atomic E-state index is 10.3. The third-order valence-electron chi connectivity index (χ3n) is 14.1. The van der Waals surface area contributed by atoms with Gasteiger partial charge in [-0.05, 0) is 52.8 Å². The SMILES string of the molecule is O=C=O.O=C=O.[B]P([B])O[C@@H]1C(N=[N+]=[N-])[C@@H](OC2C(C)O[C@@H](C)C(C)[C@@H]2OCc2ccccc2)OC(CO[Si](c2ccccc2)(c2ccccc2)C(C)(C)C)[C@H]1O[C@@H]1OC(C)C(C)[C@@H](OCc2ccccc2)C1C. The van der Waals surface area contributed by atoms with Crippen molar-refractivity contribution in [3.63, 3.8) is 0 Å². The van der Waals surface area contributed by atoms with Crippen LogP contribution in [0.1, 0.15) is 73.4 Å². The molecule has 0 aromatic heterocycles. The van der Waals surface area contributed by atoms with Crippen LogP contribution in [-0.2, 0) is 74.5 Å². The van der Waals surface area contributed by atoms with Gasteiger partial charge in [-0.2, -0.15) is 19.2 Å². The zero-order valence-electron chi connectivity index (χ0n) is 43.6. The van der Waals surface area contributed by atoms with E-state index >= 15 is 0 Å². The number of nitrogens with zero attached hydrogens (tertiary/aromatic N) is 3. The summed E-state index contributed by atoms with van der Waals surface area (Å²) in [6, 6.07) is 39.8. The van der Waals surface area contributed by atoms with E-state index in [9.17, 15) is 5.53 Å². The topological polar surface area (TPSA) is 200 Å². The van der Waals surface area contributed by atoms with Crippen LogP contribution in [0.25, 0.3) is 10.4 Å². The maximum Gasteiger partial charge on any atom is 0.373 e. The minimum absolute atomic E-state index is 0.0206. The number of hydrogen-bond donors (Lipinski definition) is 0. The van der Waals surface area contributed by atoms with E-state index in [4.69, 9.17) is 76.4 Å². The Morgan fingerprint density at radius 3 is 1.51 bits per heavy atom. The molecule has 3 aliphatic rings. The number of carbonyl (C=O) groups excluding carboxylic acids is 4. The molecule has 4 radical (unpaired) electrons. The lowest BCUT2D eigenvalue weighted by atomic mass is 9.86. The van der Waals surface area contributed by atoms with Crippen molar-refractivity contribution >= 4 is 54.0 Å². The molecule has 16 nitrogen and oxygen atoms in total. The summed E-state index contributed by atoms with van der Waals surface area (Å²) in [6.07, 6.45) is -6.64. The summed E-state index contributed by atoms with van der Waals surface area (Å²) in [4.78, 5) is 35.8. The zero-order chi connectivity index (χ0) is 54.0. The number of azide groups is 1. The van der Waals surface area contributed by atoms with Crippen molar-refractivity contribution in [2.75, 3.05) is 6.61 Å². The van der Waals surface area contributed by atoms with E-state index in [0.717, 1.165) is 21.5 Å². The third-order valence-corrected chi connectivity index (χ3v) is 19.6. The van der Waals surface area contributed by atoms with Gasteiger partial charge in [-0.15, -0.1) is 0 Å².